The Morgan fingerprint density at radius 3 is 2.44 bits per heavy atom. The van der Waals surface area contributed by atoms with Crippen LogP contribution in [-0.2, 0) is 31.1 Å². The van der Waals surface area contributed by atoms with Crippen molar-refractivity contribution in [2.45, 2.75) is 30.7 Å². The fourth-order valence-corrected chi connectivity index (χ4v) is 9.85. The molecule has 4 aromatic rings. The summed E-state index contributed by atoms with van der Waals surface area (Å²) in [6.45, 7) is 0.191. The first-order valence-electron chi connectivity index (χ1n) is 16.2. The van der Waals surface area contributed by atoms with E-state index in [0.29, 0.717) is 34.0 Å². The van der Waals surface area contributed by atoms with Crippen molar-refractivity contribution >= 4 is 63.9 Å². The predicted molar refractivity (Wildman–Crippen MR) is 189 cm³/mol. The number of carbonyl (C=O) groups is 4. The number of hydrogen-bond donors (Lipinski definition) is 2. The van der Waals surface area contributed by atoms with E-state index >= 15 is 4.79 Å². The highest BCUT2D eigenvalue weighted by atomic mass is 35.5. The summed E-state index contributed by atoms with van der Waals surface area (Å²) in [5.41, 5.74) is 3.80. The second-order valence-corrected chi connectivity index (χ2v) is 15.0. The van der Waals surface area contributed by atoms with Gasteiger partial charge in [0.1, 0.15) is 11.5 Å². The number of fused-ring (bicyclic) bond motifs is 4. The fraction of sp³-hybridized carbons (Fsp3) is 0.263. The fourth-order valence-electron chi connectivity index (χ4n) is 8.70. The molecule has 3 aromatic carbocycles. The monoisotopic (exact) mass is 727 g/mol. The molecule has 3 fully saturated rings. The Balaban J connectivity index is 1.31. The largest absolute Gasteiger partial charge is 0.508 e. The number of nitrogens with one attached hydrogen (secondary N) is 1. The molecule has 50 heavy (non-hydrogen) atoms. The number of methoxy groups -OCH3 is 1. The standard InChI is InChI=1S/C38H31Cl2N3O6S/c1-49-24-10-7-21(8-11-24)38-29(35(46)43(37(38)48)41-31-14-9-22(39)17-30(31)40)18-28-26(33(38)20-4-2-5-23(44)16-20)12-13-27-32(28)36(47)42(34(27)45)19-25-6-3-15-50-25/h2-12,14-17,27-29,32-33,41,44H,13,18-19H2,1H3/t27-,28+,29-,32-,33-,38+/m0/s1. The number of phenolic OH excluding ortho intramolecular Hbond substituents is 1. The molecule has 1 aromatic heterocycles. The first-order chi connectivity index (χ1) is 24.1. The van der Waals surface area contributed by atoms with E-state index in [-0.39, 0.29) is 35.6 Å². The number of anilines is 1. The Morgan fingerprint density at radius 1 is 0.940 bits per heavy atom. The summed E-state index contributed by atoms with van der Waals surface area (Å²) < 4.78 is 5.45. The van der Waals surface area contributed by atoms with E-state index in [0.717, 1.165) is 15.5 Å². The maximum Gasteiger partial charge on any atom is 0.260 e. The van der Waals surface area contributed by atoms with Gasteiger partial charge < -0.3 is 9.84 Å². The number of rotatable bonds is 7. The number of aromatic hydroxyl groups is 1. The predicted octanol–water partition coefficient (Wildman–Crippen LogP) is 6.95. The summed E-state index contributed by atoms with van der Waals surface area (Å²) in [6.07, 6.45) is 2.45. The number of nitrogens with zero attached hydrogens (tertiary/aromatic N) is 2. The van der Waals surface area contributed by atoms with Gasteiger partial charge in [-0.3, -0.25) is 29.5 Å². The van der Waals surface area contributed by atoms with E-state index in [1.54, 1.807) is 61.7 Å². The molecule has 9 nitrogen and oxygen atoms in total. The molecule has 0 unspecified atom stereocenters. The Morgan fingerprint density at radius 2 is 1.74 bits per heavy atom. The molecule has 8 rings (SSSR count). The molecule has 2 aliphatic carbocycles. The van der Waals surface area contributed by atoms with E-state index in [2.05, 4.69) is 5.43 Å². The molecule has 1 saturated carbocycles. The minimum absolute atomic E-state index is 0.00529. The second kappa shape index (κ2) is 12.3. The highest BCUT2D eigenvalue weighted by Gasteiger charge is 2.70. The van der Waals surface area contributed by atoms with Gasteiger partial charge in [-0.05, 0) is 83.8 Å². The molecule has 3 heterocycles. The quantitative estimate of drug-likeness (QED) is 0.156. The Hall–Kier alpha value is -4.64. The van der Waals surface area contributed by atoms with Gasteiger partial charge in [0, 0.05) is 15.8 Å². The number of ether oxygens (including phenoxy) is 1. The van der Waals surface area contributed by atoms with Crippen LogP contribution >= 0.6 is 34.5 Å². The van der Waals surface area contributed by atoms with E-state index in [1.807, 2.05) is 29.7 Å². The van der Waals surface area contributed by atoms with E-state index in [9.17, 15) is 19.5 Å². The summed E-state index contributed by atoms with van der Waals surface area (Å²) in [6, 6.07) is 22.3. The van der Waals surface area contributed by atoms with Crippen LogP contribution in [0.4, 0.5) is 5.69 Å². The number of likely N-dealkylation sites (tertiary alicyclic amines) is 1. The van der Waals surface area contributed by atoms with Crippen molar-refractivity contribution in [2.24, 2.45) is 23.7 Å². The molecule has 12 heteroatoms. The number of allylic oxidation sites excluding steroid dienone is 2. The Bertz CT molecular complexity index is 2090. The van der Waals surface area contributed by atoms with E-state index in [4.69, 9.17) is 27.9 Å². The van der Waals surface area contributed by atoms with Crippen LogP contribution in [0.15, 0.2) is 95.9 Å². The molecule has 4 amide bonds. The van der Waals surface area contributed by atoms with Gasteiger partial charge in [-0.25, -0.2) is 0 Å². The number of amides is 4. The third kappa shape index (κ3) is 4.87. The summed E-state index contributed by atoms with van der Waals surface area (Å²) in [5.74, 6) is -4.45. The average Bonchev–Trinajstić information content (AvgIpc) is 3.77. The molecule has 0 radical (unpaired) electrons. The SMILES string of the molecule is COc1ccc([C@@]23C(=O)N(Nc4ccc(Cl)cc4Cl)C(=O)[C@@H]2C[C@@H]2C(=CC[C@@H]4C(=O)N(Cc5cccs5)C(=O)[C@@H]42)[C@@H]3c2cccc(O)c2)cc1. The lowest BCUT2D eigenvalue weighted by Gasteiger charge is -2.50. The van der Waals surface area contributed by atoms with Crippen LogP contribution in [0.1, 0.15) is 34.8 Å². The van der Waals surface area contributed by atoms with Gasteiger partial charge in [0.25, 0.3) is 11.8 Å². The lowest BCUT2D eigenvalue weighted by atomic mass is 9.49. The van der Waals surface area contributed by atoms with E-state index in [1.165, 1.54) is 22.3 Å². The molecule has 2 saturated heterocycles. The Labute approximate surface area is 302 Å². The average molecular weight is 729 g/mol. The Kier molecular flexibility index (Phi) is 8.01. The summed E-state index contributed by atoms with van der Waals surface area (Å²) >= 11 is 14.2. The van der Waals surface area contributed by atoms with Gasteiger partial charge in [0.15, 0.2) is 0 Å². The zero-order valence-electron chi connectivity index (χ0n) is 26.7. The highest BCUT2D eigenvalue weighted by molar-refractivity contribution is 7.09. The number of imide groups is 2. The van der Waals surface area contributed by atoms with Crippen molar-refractivity contribution in [2.75, 3.05) is 12.5 Å². The third-order valence-corrected chi connectivity index (χ3v) is 12.2. The van der Waals surface area contributed by atoms with Gasteiger partial charge >= 0.3 is 0 Å². The minimum atomic E-state index is -1.50. The van der Waals surface area contributed by atoms with Crippen molar-refractivity contribution in [3.8, 4) is 11.5 Å². The van der Waals surface area contributed by atoms with Crippen LogP contribution in [0.5, 0.6) is 11.5 Å². The van der Waals surface area contributed by atoms with Crippen LogP contribution in [-0.4, -0.2) is 45.8 Å². The van der Waals surface area contributed by atoms with Crippen molar-refractivity contribution in [1.82, 2.24) is 9.91 Å². The van der Waals surface area contributed by atoms with Crippen LogP contribution < -0.4 is 10.2 Å². The van der Waals surface area contributed by atoms with Crippen molar-refractivity contribution in [3.05, 3.63) is 122 Å². The highest BCUT2D eigenvalue weighted by Crippen LogP contribution is 2.64. The zero-order valence-corrected chi connectivity index (χ0v) is 29.0. The van der Waals surface area contributed by atoms with E-state index < -0.39 is 46.8 Å². The molecule has 6 atom stereocenters. The maximum absolute atomic E-state index is 15.3. The zero-order chi connectivity index (χ0) is 34.9. The topological polar surface area (TPSA) is 116 Å². The molecule has 2 N–H and O–H groups in total. The molecular formula is C38H31Cl2N3O6S. The number of hydrazine groups is 1. The molecule has 254 valence electrons. The van der Waals surface area contributed by atoms with Crippen LogP contribution in [0.2, 0.25) is 10.0 Å². The number of carbonyl (C=O) groups excluding carboxylic acids is 4. The van der Waals surface area contributed by atoms with Gasteiger partial charge in [0.05, 0.1) is 47.5 Å². The van der Waals surface area contributed by atoms with Crippen molar-refractivity contribution in [1.29, 1.82) is 0 Å². The molecular weight excluding hydrogens is 697 g/mol. The summed E-state index contributed by atoms with van der Waals surface area (Å²) in [5, 5.41) is 14.3. The smallest absolute Gasteiger partial charge is 0.260 e. The molecule has 4 aliphatic rings. The maximum atomic E-state index is 15.3. The lowest BCUT2D eigenvalue weighted by Crippen LogP contribution is -2.53. The number of phenols is 1. The molecule has 0 spiro atoms. The summed E-state index contributed by atoms with van der Waals surface area (Å²) in [4.78, 5) is 60.4. The first kappa shape index (κ1) is 32.6. The van der Waals surface area contributed by atoms with Gasteiger partial charge in [-0.2, -0.15) is 5.01 Å². The van der Waals surface area contributed by atoms with Crippen LogP contribution in [0.3, 0.4) is 0 Å². The lowest BCUT2D eigenvalue weighted by molar-refractivity contribution is -0.141. The van der Waals surface area contributed by atoms with Crippen LogP contribution in [0.25, 0.3) is 0 Å². The van der Waals surface area contributed by atoms with Gasteiger partial charge in [-0.1, -0.05) is 65.2 Å². The number of benzene rings is 3. The number of hydrogen-bond acceptors (Lipinski definition) is 8. The van der Waals surface area contributed by atoms with Crippen molar-refractivity contribution in [3.63, 3.8) is 0 Å². The van der Waals surface area contributed by atoms with Crippen molar-refractivity contribution < 1.29 is 29.0 Å². The van der Waals surface area contributed by atoms with Gasteiger partial charge in [0.2, 0.25) is 11.8 Å². The number of halogens is 2. The first-order valence-corrected chi connectivity index (χ1v) is 17.9. The third-order valence-electron chi connectivity index (χ3n) is 10.8. The van der Waals surface area contributed by atoms with Crippen LogP contribution in [0, 0.1) is 23.7 Å². The minimum Gasteiger partial charge on any atom is -0.508 e. The normalized spacial score (nSPS) is 27.2. The molecule has 2 aliphatic heterocycles. The van der Waals surface area contributed by atoms with Gasteiger partial charge in [-0.15, -0.1) is 11.3 Å². The second-order valence-electron chi connectivity index (χ2n) is 13.1. The molecule has 0 bridgehead atoms. The summed E-state index contributed by atoms with van der Waals surface area (Å²) in [7, 11) is 1.55. The number of thiophene rings is 1.